The molecule has 0 aliphatic carbocycles. The van der Waals surface area contributed by atoms with Gasteiger partial charge < -0.3 is 5.32 Å². The van der Waals surface area contributed by atoms with Crippen LogP contribution in [-0.2, 0) is 6.18 Å². The molecule has 0 fully saturated rings. The predicted octanol–water partition coefficient (Wildman–Crippen LogP) is 3.24. The summed E-state index contributed by atoms with van der Waals surface area (Å²) in [7, 11) is 0. The van der Waals surface area contributed by atoms with Crippen LogP contribution >= 0.6 is 0 Å². The van der Waals surface area contributed by atoms with Crippen LogP contribution in [0.15, 0.2) is 49.1 Å². The van der Waals surface area contributed by atoms with E-state index in [1.165, 1.54) is 12.4 Å². The Bertz CT molecular complexity index is 903. The van der Waals surface area contributed by atoms with Crippen LogP contribution < -0.4 is 5.32 Å². The van der Waals surface area contributed by atoms with Crippen LogP contribution in [0.2, 0.25) is 0 Å². The molecule has 0 aliphatic rings. The van der Waals surface area contributed by atoms with Crippen molar-refractivity contribution in [1.82, 2.24) is 19.5 Å². The van der Waals surface area contributed by atoms with Gasteiger partial charge in [0.2, 0.25) is 0 Å². The zero-order chi connectivity index (χ0) is 18.0. The van der Waals surface area contributed by atoms with Gasteiger partial charge >= 0.3 is 6.18 Å². The summed E-state index contributed by atoms with van der Waals surface area (Å²) in [6.45, 7) is 1.79. The van der Waals surface area contributed by atoms with Gasteiger partial charge in [0.25, 0.3) is 5.91 Å². The monoisotopic (exact) mass is 347 g/mol. The maximum Gasteiger partial charge on any atom is 0.416 e. The average Bonchev–Trinajstić information content (AvgIpc) is 3.00. The summed E-state index contributed by atoms with van der Waals surface area (Å²) in [6, 6.07) is 5.47. The molecule has 0 unspecified atom stereocenters. The van der Waals surface area contributed by atoms with E-state index in [2.05, 4.69) is 20.3 Å². The summed E-state index contributed by atoms with van der Waals surface area (Å²) >= 11 is 0. The molecule has 0 radical (unpaired) electrons. The summed E-state index contributed by atoms with van der Waals surface area (Å²) in [5, 5.41) is 2.53. The molecule has 0 aliphatic heterocycles. The minimum Gasteiger partial charge on any atom is -0.306 e. The third kappa shape index (κ3) is 3.65. The number of nitrogens with zero attached hydrogens (tertiary/aromatic N) is 4. The Morgan fingerprint density at radius 1 is 1.12 bits per heavy atom. The van der Waals surface area contributed by atoms with Crippen molar-refractivity contribution in [2.75, 3.05) is 5.32 Å². The fraction of sp³-hybridized carbons (Fsp3) is 0.125. The van der Waals surface area contributed by atoms with Crippen LogP contribution in [-0.4, -0.2) is 25.4 Å². The first-order valence-corrected chi connectivity index (χ1v) is 7.15. The molecule has 1 N–H and O–H groups in total. The Hall–Kier alpha value is -3.23. The van der Waals surface area contributed by atoms with E-state index in [0.29, 0.717) is 11.6 Å². The van der Waals surface area contributed by atoms with E-state index in [9.17, 15) is 18.0 Å². The maximum atomic E-state index is 12.6. The molecule has 3 aromatic rings. The molecule has 9 heteroatoms. The van der Waals surface area contributed by atoms with Crippen LogP contribution in [0.3, 0.4) is 0 Å². The summed E-state index contributed by atoms with van der Waals surface area (Å²) < 4.78 is 39.4. The Morgan fingerprint density at radius 2 is 1.84 bits per heavy atom. The lowest BCUT2D eigenvalue weighted by molar-refractivity contribution is -0.137. The fourth-order valence-electron chi connectivity index (χ4n) is 2.17. The van der Waals surface area contributed by atoms with Crippen molar-refractivity contribution in [3.05, 3.63) is 66.0 Å². The van der Waals surface area contributed by atoms with E-state index in [4.69, 9.17) is 0 Å². The Labute approximate surface area is 140 Å². The first kappa shape index (κ1) is 16.6. The van der Waals surface area contributed by atoms with Crippen LogP contribution in [0.4, 0.5) is 19.0 Å². The lowest BCUT2D eigenvalue weighted by atomic mass is 10.1. The van der Waals surface area contributed by atoms with Gasteiger partial charge in [-0.15, -0.1) is 0 Å². The maximum absolute atomic E-state index is 12.6. The smallest absolute Gasteiger partial charge is 0.306 e. The third-order valence-electron chi connectivity index (χ3n) is 3.44. The number of halogens is 3. The number of carbonyl (C=O) groups is 1. The zero-order valence-electron chi connectivity index (χ0n) is 12.9. The predicted molar refractivity (Wildman–Crippen MR) is 83.3 cm³/mol. The molecule has 1 amide bonds. The van der Waals surface area contributed by atoms with Crippen LogP contribution in [0.25, 0.3) is 5.82 Å². The number of hydrogen-bond acceptors (Lipinski definition) is 4. The number of nitrogens with one attached hydrogen (secondary N) is 1. The Balaban J connectivity index is 1.78. The van der Waals surface area contributed by atoms with Crippen LogP contribution in [0.1, 0.15) is 21.7 Å². The lowest BCUT2D eigenvalue weighted by Gasteiger charge is -2.09. The molecule has 1 aromatic carbocycles. The minimum absolute atomic E-state index is 0.0898. The van der Waals surface area contributed by atoms with Gasteiger partial charge in [-0.05, 0) is 31.2 Å². The van der Waals surface area contributed by atoms with E-state index in [1.54, 1.807) is 23.9 Å². The summed E-state index contributed by atoms with van der Waals surface area (Å²) in [5.74, 6) is 0.871. The molecule has 2 aromatic heterocycles. The largest absolute Gasteiger partial charge is 0.416 e. The second-order valence-corrected chi connectivity index (χ2v) is 5.14. The molecular weight excluding hydrogens is 335 g/mol. The number of imidazole rings is 1. The highest BCUT2D eigenvalue weighted by atomic mass is 19.4. The molecule has 0 spiro atoms. The van der Waals surface area contributed by atoms with Crippen molar-refractivity contribution < 1.29 is 18.0 Å². The highest BCUT2D eigenvalue weighted by Gasteiger charge is 2.30. The van der Waals surface area contributed by atoms with Crippen molar-refractivity contribution in [3.8, 4) is 5.82 Å². The number of carbonyl (C=O) groups excluding carboxylic acids is 1. The molecule has 128 valence electrons. The molecule has 2 heterocycles. The first-order chi connectivity index (χ1) is 11.8. The Kier molecular flexibility index (Phi) is 4.22. The lowest BCUT2D eigenvalue weighted by Crippen LogP contribution is -2.14. The van der Waals surface area contributed by atoms with Crippen LogP contribution in [0, 0.1) is 6.92 Å². The molecule has 0 atom stereocenters. The quantitative estimate of drug-likeness (QED) is 0.789. The van der Waals surface area contributed by atoms with E-state index in [-0.39, 0.29) is 11.4 Å². The summed E-state index contributed by atoms with van der Waals surface area (Å²) in [6.07, 6.45) is 0.146. The van der Waals surface area contributed by atoms with Gasteiger partial charge in [0.1, 0.15) is 23.8 Å². The van der Waals surface area contributed by atoms with E-state index >= 15 is 0 Å². The molecule has 3 rings (SSSR count). The molecule has 0 bridgehead atoms. The number of aromatic nitrogens is 4. The second kappa shape index (κ2) is 6.34. The third-order valence-corrected chi connectivity index (χ3v) is 3.44. The van der Waals surface area contributed by atoms with Gasteiger partial charge in [0, 0.05) is 24.0 Å². The number of rotatable bonds is 3. The van der Waals surface area contributed by atoms with Gasteiger partial charge in [-0.2, -0.15) is 13.2 Å². The van der Waals surface area contributed by atoms with Crippen molar-refractivity contribution in [2.24, 2.45) is 0 Å². The van der Waals surface area contributed by atoms with Crippen molar-refractivity contribution in [1.29, 1.82) is 0 Å². The number of benzene rings is 1. The van der Waals surface area contributed by atoms with Gasteiger partial charge in [0.15, 0.2) is 0 Å². The molecule has 0 saturated heterocycles. The molecular formula is C16H12F3N5O. The fourth-order valence-corrected chi connectivity index (χ4v) is 2.17. The normalized spacial score (nSPS) is 11.4. The minimum atomic E-state index is -4.45. The van der Waals surface area contributed by atoms with E-state index < -0.39 is 17.6 Å². The Morgan fingerprint density at radius 3 is 2.44 bits per heavy atom. The molecule has 0 saturated carbocycles. The highest BCUT2D eigenvalue weighted by molar-refractivity contribution is 6.03. The van der Waals surface area contributed by atoms with Crippen molar-refractivity contribution >= 4 is 11.7 Å². The number of hydrogen-bond donors (Lipinski definition) is 1. The zero-order valence-corrected chi connectivity index (χ0v) is 12.9. The topological polar surface area (TPSA) is 72.7 Å². The number of amides is 1. The van der Waals surface area contributed by atoms with Crippen molar-refractivity contribution in [2.45, 2.75) is 13.1 Å². The average molecular weight is 347 g/mol. The number of aryl methyl sites for hydroxylation is 1. The highest BCUT2D eigenvalue weighted by Crippen LogP contribution is 2.29. The van der Waals surface area contributed by atoms with Gasteiger partial charge in [-0.3, -0.25) is 9.36 Å². The first-order valence-electron chi connectivity index (χ1n) is 7.15. The van der Waals surface area contributed by atoms with E-state index in [0.717, 1.165) is 24.3 Å². The number of anilines is 1. The van der Waals surface area contributed by atoms with Crippen molar-refractivity contribution in [3.63, 3.8) is 0 Å². The molecule has 6 nitrogen and oxygen atoms in total. The van der Waals surface area contributed by atoms with Gasteiger partial charge in [-0.1, -0.05) is 0 Å². The van der Waals surface area contributed by atoms with Gasteiger partial charge in [0.05, 0.1) is 5.56 Å². The van der Waals surface area contributed by atoms with Crippen LogP contribution in [0.5, 0.6) is 0 Å². The second-order valence-electron chi connectivity index (χ2n) is 5.14. The SMILES string of the molecule is Cc1nccn1-c1cc(NC(=O)c2ccc(C(F)(F)F)cc2)ncn1. The van der Waals surface area contributed by atoms with Gasteiger partial charge in [-0.25, -0.2) is 15.0 Å². The number of alkyl halides is 3. The molecule has 25 heavy (non-hydrogen) atoms. The summed E-state index contributed by atoms with van der Waals surface area (Å²) in [4.78, 5) is 24.3. The van der Waals surface area contributed by atoms with E-state index in [1.807, 2.05) is 0 Å². The standard InChI is InChI=1S/C16H12F3N5O/c1-10-20-6-7-24(10)14-8-13(21-9-22-14)23-15(25)11-2-4-12(5-3-11)16(17,18)19/h2-9H,1H3,(H,21,22,23,25). The summed E-state index contributed by atoms with van der Waals surface area (Å²) in [5.41, 5.74) is -0.726.